The maximum absolute atomic E-state index is 11.8. The molecule has 0 aliphatic rings. The fourth-order valence-corrected chi connectivity index (χ4v) is 1.72. The lowest BCUT2D eigenvalue weighted by atomic mass is 9.87. The third-order valence-electron chi connectivity index (χ3n) is 3.22. The molecule has 1 aromatic rings. The first-order valence-corrected chi connectivity index (χ1v) is 7.14. The van der Waals surface area contributed by atoms with E-state index in [-0.39, 0.29) is 23.8 Å². The maximum atomic E-state index is 11.8. The Morgan fingerprint density at radius 2 is 1.76 bits per heavy atom. The zero-order valence-electron chi connectivity index (χ0n) is 13.0. The van der Waals surface area contributed by atoms with Crippen molar-refractivity contribution in [1.29, 1.82) is 0 Å². The first-order valence-electron chi connectivity index (χ1n) is 7.14. The Morgan fingerprint density at radius 3 is 2.33 bits per heavy atom. The van der Waals surface area contributed by atoms with Gasteiger partial charge in [-0.05, 0) is 17.4 Å². The number of hydrogen-bond acceptors (Lipinski definition) is 3. The van der Waals surface area contributed by atoms with Crippen LogP contribution in [-0.2, 0) is 16.0 Å². The van der Waals surface area contributed by atoms with E-state index < -0.39 is 6.04 Å². The zero-order chi connectivity index (χ0) is 15.9. The number of benzene rings is 1. The molecule has 4 N–H and O–H groups in total. The van der Waals surface area contributed by atoms with Gasteiger partial charge in [-0.15, -0.1) is 0 Å². The van der Waals surface area contributed by atoms with Crippen molar-refractivity contribution in [1.82, 2.24) is 10.6 Å². The van der Waals surface area contributed by atoms with Crippen molar-refractivity contribution >= 4 is 11.8 Å². The van der Waals surface area contributed by atoms with Crippen LogP contribution in [0.4, 0.5) is 0 Å². The van der Waals surface area contributed by atoms with Crippen LogP contribution in [0, 0.1) is 5.41 Å². The number of nitrogens with two attached hydrogens (primary N) is 1. The van der Waals surface area contributed by atoms with Gasteiger partial charge in [0.1, 0.15) is 0 Å². The molecular formula is C16H25N3O2. The molecule has 0 radical (unpaired) electrons. The van der Waals surface area contributed by atoms with E-state index in [2.05, 4.69) is 10.6 Å². The van der Waals surface area contributed by atoms with Crippen LogP contribution in [-0.4, -0.2) is 30.9 Å². The Bertz CT molecular complexity index is 466. The summed E-state index contributed by atoms with van der Waals surface area (Å²) < 4.78 is 0. The quantitative estimate of drug-likeness (QED) is 0.726. The van der Waals surface area contributed by atoms with Gasteiger partial charge < -0.3 is 16.4 Å². The van der Waals surface area contributed by atoms with Crippen LogP contribution < -0.4 is 16.4 Å². The van der Waals surface area contributed by atoms with Crippen molar-refractivity contribution in [3.63, 3.8) is 0 Å². The molecule has 0 spiro atoms. The van der Waals surface area contributed by atoms with Crippen LogP contribution in [0.3, 0.4) is 0 Å². The molecule has 21 heavy (non-hydrogen) atoms. The van der Waals surface area contributed by atoms with Crippen molar-refractivity contribution < 1.29 is 9.59 Å². The lowest BCUT2D eigenvalue weighted by Gasteiger charge is -2.25. The number of rotatable bonds is 6. The van der Waals surface area contributed by atoms with Gasteiger partial charge in [-0.1, -0.05) is 51.1 Å². The smallest absolute Gasteiger partial charge is 0.239 e. The fourth-order valence-electron chi connectivity index (χ4n) is 1.72. The maximum Gasteiger partial charge on any atom is 0.239 e. The zero-order valence-corrected chi connectivity index (χ0v) is 13.0. The van der Waals surface area contributed by atoms with Crippen molar-refractivity contribution in [3.8, 4) is 0 Å². The molecule has 0 bridgehead atoms. The molecule has 5 nitrogen and oxygen atoms in total. The SMILES string of the molecule is CC(C)(C)[C@H](N)C(=O)NCC(=O)NCCc1ccccc1. The van der Waals surface area contributed by atoms with E-state index in [1.807, 2.05) is 51.1 Å². The van der Waals surface area contributed by atoms with Gasteiger partial charge in [-0.3, -0.25) is 9.59 Å². The van der Waals surface area contributed by atoms with Crippen LogP contribution in [0.1, 0.15) is 26.3 Å². The van der Waals surface area contributed by atoms with Gasteiger partial charge in [0, 0.05) is 6.54 Å². The monoisotopic (exact) mass is 291 g/mol. The summed E-state index contributed by atoms with van der Waals surface area (Å²) in [5.41, 5.74) is 6.65. The normalized spacial score (nSPS) is 12.6. The van der Waals surface area contributed by atoms with Gasteiger partial charge in [0.25, 0.3) is 0 Å². The van der Waals surface area contributed by atoms with E-state index in [1.54, 1.807) is 0 Å². The van der Waals surface area contributed by atoms with Crippen molar-refractivity contribution in [2.45, 2.75) is 33.2 Å². The average Bonchev–Trinajstić information content (AvgIpc) is 2.44. The summed E-state index contributed by atoms with van der Waals surface area (Å²) in [4.78, 5) is 23.4. The topological polar surface area (TPSA) is 84.2 Å². The minimum absolute atomic E-state index is 0.0442. The summed E-state index contributed by atoms with van der Waals surface area (Å²) in [7, 11) is 0. The van der Waals surface area contributed by atoms with Crippen LogP contribution in [0.2, 0.25) is 0 Å². The van der Waals surface area contributed by atoms with E-state index in [0.29, 0.717) is 6.54 Å². The van der Waals surface area contributed by atoms with Crippen LogP contribution >= 0.6 is 0 Å². The van der Waals surface area contributed by atoms with Gasteiger partial charge in [-0.2, -0.15) is 0 Å². The highest BCUT2D eigenvalue weighted by molar-refractivity contribution is 5.87. The average molecular weight is 291 g/mol. The molecule has 0 aliphatic heterocycles. The summed E-state index contributed by atoms with van der Waals surface area (Å²) in [6.07, 6.45) is 0.766. The molecule has 0 saturated heterocycles. The second kappa shape index (κ2) is 7.78. The van der Waals surface area contributed by atoms with E-state index in [1.165, 1.54) is 0 Å². The molecule has 0 heterocycles. The largest absolute Gasteiger partial charge is 0.354 e. The van der Waals surface area contributed by atoms with E-state index in [4.69, 9.17) is 5.73 Å². The summed E-state index contributed by atoms with van der Waals surface area (Å²) in [5, 5.41) is 5.33. The van der Waals surface area contributed by atoms with E-state index >= 15 is 0 Å². The Kier molecular flexibility index (Phi) is 6.37. The van der Waals surface area contributed by atoms with Crippen molar-refractivity contribution in [3.05, 3.63) is 35.9 Å². The second-order valence-electron chi connectivity index (χ2n) is 6.15. The third kappa shape index (κ3) is 6.40. The number of hydrogen-bond donors (Lipinski definition) is 3. The minimum atomic E-state index is -0.630. The van der Waals surface area contributed by atoms with Gasteiger partial charge >= 0.3 is 0 Å². The predicted molar refractivity (Wildman–Crippen MR) is 83.6 cm³/mol. The van der Waals surface area contributed by atoms with E-state index in [9.17, 15) is 9.59 Å². The second-order valence-corrected chi connectivity index (χ2v) is 6.15. The van der Waals surface area contributed by atoms with E-state index in [0.717, 1.165) is 12.0 Å². The van der Waals surface area contributed by atoms with Crippen LogP contribution in [0.5, 0.6) is 0 Å². The van der Waals surface area contributed by atoms with Crippen molar-refractivity contribution in [2.24, 2.45) is 11.1 Å². The Morgan fingerprint density at radius 1 is 1.14 bits per heavy atom. The minimum Gasteiger partial charge on any atom is -0.354 e. The molecular weight excluding hydrogens is 266 g/mol. The highest BCUT2D eigenvalue weighted by Crippen LogP contribution is 2.16. The first-order chi connectivity index (χ1) is 9.80. The predicted octanol–water partition coefficient (Wildman–Crippen LogP) is 0.835. The first kappa shape index (κ1) is 17.2. The highest BCUT2D eigenvalue weighted by Gasteiger charge is 2.27. The third-order valence-corrected chi connectivity index (χ3v) is 3.22. The Labute approximate surface area is 126 Å². The summed E-state index contributed by atoms with van der Waals surface area (Å²) in [6.45, 7) is 6.16. The fraction of sp³-hybridized carbons (Fsp3) is 0.500. The molecule has 1 atom stereocenters. The number of carbonyl (C=O) groups excluding carboxylic acids is 2. The molecule has 0 aromatic heterocycles. The highest BCUT2D eigenvalue weighted by atomic mass is 16.2. The lowest BCUT2D eigenvalue weighted by molar-refractivity contribution is -0.128. The summed E-state index contributed by atoms with van der Waals surface area (Å²) in [5.74, 6) is -0.513. The molecule has 1 rings (SSSR count). The molecule has 0 saturated carbocycles. The molecule has 0 fully saturated rings. The van der Waals surface area contributed by atoms with Crippen LogP contribution in [0.15, 0.2) is 30.3 Å². The van der Waals surface area contributed by atoms with Gasteiger partial charge in [0.15, 0.2) is 0 Å². The number of nitrogens with one attached hydrogen (secondary N) is 2. The summed E-state index contributed by atoms with van der Waals surface area (Å²) in [6, 6.07) is 9.27. The van der Waals surface area contributed by atoms with Gasteiger partial charge in [-0.25, -0.2) is 0 Å². The Balaban J connectivity index is 2.24. The molecule has 1 aromatic carbocycles. The summed E-state index contributed by atoms with van der Waals surface area (Å²) >= 11 is 0. The molecule has 116 valence electrons. The molecule has 0 unspecified atom stereocenters. The molecule has 2 amide bonds. The standard InChI is InChI=1S/C16H25N3O2/c1-16(2,3)14(17)15(21)19-11-13(20)18-10-9-12-7-5-4-6-8-12/h4-8,14H,9-11,17H2,1-3H3,(H,18,20)(H,19,21)/t14-/m1/s1. The van der Waals surface area contributed by atoms with Gasteiger partial charge in [0.05, 0.1) is 12.6 Å². The van der Waals surface area contributed by atoms with Crippen LogP contribution in [0.25, 0.3) is 0 Å². The number of carbonyl (C=O) groups is 2. The van der Waals surface area contributed by atoms with Crippen molar-refractivity contribution in [2.75, 3.05) is 13.1 Å². The lowest BCUT2D eigenvalue weighted by Crippen LogP contribution is -2.50. The molecule has 0 aliphatic carbocycles. The van der Waals surface area contributed by atoms with Gasteiger partial charge in [0.2, 0.25) is 11.8 Å². The Hall–Kier alpha value is -1.88. The molecule has 5 heteroatoms. The number of amides is 2.